The number of hydrogen-bond acceptors (Lipinski definition) is 5. The monoisotopic (exact) mass is 437 g/mol. The third kappa shape index (κ3) is 3.56. The van der Waals surface area contributed by atoms with Crippen molar-refractivity contribution in [2.24, 2.45) is 0 Å². The number of methoxy groups -OCH3 is 1. The van der Waals surface area contributed by atoms with Crippen LogP contribution in [-0.4, -0.2) is 11.7 Å². The highest BCUT2D eigenvalue weighted by atomic mass is 79.9. The number of nitriles is 2. The Balaban J connectivity index is 2.46. The summed E-state index contributed by atoms with van der Waals surface area (Å²) in [6.45, 7) is 0. The Labute approximate surface area is 167 Å². The summed E-state index contributed by atoms with van der Waals surface area (Å²) in [6.07, 6.45) is 1.73. The van der Waals surface area contributed by atoms with Gasteiger partial charge in [-0.2, -0.15) is 10.5 Å². The minimum absolute atomic E-state index is 0.130. The first-order valence-corrected chi connectivity index (χ1v) is 9.37. The lowest BCUT2D eigenvalue weighted by atomic mass is 10.2. The van der Waals surface area contributed by atoms with E-state index in [1.807, 2.05) is 36.4 Å². The fourth-order valence-corrected chi connectivity index (χ4v) is 3.98. The second-order valence-corrected chi connectivity index (χ2v) is 7.23. The number of ether oxygens (including phenoxy) is 1. The topological polar surface area (TPSA) is 78.8 Å². The van der Waals surface area contributed by atoms with Gasteiger partial charge in [0.2, 0.25) is 0 Å². The van der Waals surface area contributed by atoms with E-state index in [-0.39, 0.29) is 15.8 Å². The first-order chi connectivity index (χ1) is 13.1. The second-order valence-electron chi connectivity index (χ2n) is 5.35. The van der Waals surface area contributed by atoms with Crippen LogP contribution in [0, 0.1) is 22.7 Å². The smallest absolute Gasteiger partial charge is 0.273 e. The van der Waals surface area contributed by atoms with Crippen LogP contribution in [0.1, 0.15) is 5.56 Å². The van der Waals surface area contributed by atoms with E-state index in [9.17, 15) is 15.3 Å². The van der Waals surface area contributed by atoms with Crippen molar-refractivity contribution in [1.82, 2.24) is 4.57 Å². The van der Waals surface area contributed by atoms with Crippen molar-refractivity contribution in [1.29, 1.82) is 10.5 Å². The van der Waals surface area contributed by atoms with E-state index >= 15 is 0 Å². The Bertz CT molecular complexity index is 1260. The van der Waals surface area contributed by atoms with Gasteiger partial charge < -0.3 is 4.74 Å². The van der Waals surface area contributed by atoms with Crippen molar-refractivity contribution in [3.05, 3.63) is 78.1 Å². The molecule has 0 atom stereocenters. The number of nitrogens with zero attached hydrogens (tertiary/aromatic N) is 3. The molecule has 7 heteroatoms. The number of hydrogen-bond donors (Lipinski definition) is 0. The molecule has 1 heterocycles. The second kappa shape index (κ2) is 8.05. The van der Waals surface area contributed by atoms with Crippen LogP contribution in [0.4, 0.5) is 0 Å². The molecule has 2 aromatic carbocycles. The molecule has 0 N–H and O–H groups in total. The van der Waals surface area contributed by atoms with Gasteiger partial charge in [-0.1, -0.05) is 46.3 Å². The Hall–Kier alpha value is -3.13. The Kier molecular flexibility index (Phi) is 5.56. The van der Waals surface area contributed by atoms with Gasteiger partial charge in [0, 0.05) is 4.47 Å². The quantitative estimate of drug-likeness (QED) is 0.630. The zero-order valence-corrected chi connectivity index (χ0v) is 16.5. The summed E-state index contributed by atoms with van der Waals surface area (Å²) in [7, 11) is 1.50. The van der Waals surface area contributed by atoms with Gasteiger partial charge in [0.25, 0.3) is 5.56 Å². The number of para-hydroxylation sites is 2. The maximum atomic E-state index is 13.1. The first-order valence-electron chi connectivity index (χ1n) is 7.76. The molecule has 0 aliphatic carbocycles. The summed E-state index contributed by atoms with van der Waals surface area (Å²) < 4.78 is 8.23. The lowest BCUT2D eigenvalue weighted by Crippen LogP contribution is -2.31. The van der Waals surface area contributed by atoms with Crippen LogP contribution >= 0.6 is 27.3 Å². The molecule has 0 bridgehead atoms. The van der Waals surface area contributed by atoms with Crippen molar-refractivity contribution in [2.75, 3.05) is 7.11 Å². The van der Waals surface area contributed by atoms with Gasteiger partial charge in [-0.15, -0.1) is 11.3 Å². The number of benzene rings is 2. The maximum Gasteiger partial charge on any atom is 0.273 e. The average molecular weight is 438 g/mol. The Morgan fingerprint density at radius 3 is 2.48 bits per heavy atom. The van der Waals surface area contributed by atoms with E-state index in [1.165, 1.54) is 11.7 Å². The van der Waals surface area contributed by atoms with Crippen LogP contribution in [-0.2, 0) is 0 Å². The molecule has 132 valence electrons. The molecular formula is C20H12BrN3O2S. The molecular weight excluding hydrogens is 426 g/mol. The van der Waals surface area contributed by atoms with Crippen LogP contribution in [0.25, 0.3) is 17.3 Å². The summed E-state index contributed by atoms with van der Waals surface area (Å²) in [5.74, 6) is 0.473. The van der Waals surface area contributed by atoms with Crippen molar-refractivity contribution in [3.63, 3.8) is 0 Å². The fourth-order valence-electron chi connectivity index (χ4n) is 2.54. The van der Waals surface area contributed by atoms with Gasteiger partial charge in [0.1, 0.15) is 22.6 Å². The molecule has 0 fully saturated rings. The highest BCUT2D eigenvalue weighted by molar-refractivity contribution is 9.10. The summed E-state index contributed by atoms with van der Waals surface area (Å²) in [5, 5.41) is 18.7. The zero-order chi connectivity index (χ0) is 19.4. The number of aromatic nitrogens is 1. The van der Waals surface area contributed by atoms with Crippen LogP contribution in [0.2, 0.25) is 0 Å². The molecule has 0 aliphatic heterocycles. The molecule has 0 saturated carbocycles. The third-order valence-corrected chi connectivity index (χ3v) is 5.59. The molecule has 0 radical (unpaired) electrons. The highest BCUT2D eigenvalue weighted by Crippen LogP contribution is 2.20. The van der Waals surface area contributed by atoms with Crippen molar-refractivity contribution in [2.45, 2.75) is 0 Å². The molecule has 3 rings (SSSR count). The van der Waals surface area contributed by atoms with Gasteiger partial charge in [-0.25, -0.2) is 0 Å². The van der Waals surface area contributed by atoms with Gasteiger partial charge in [0.05, 0.1) is 17.3 Å². The van der Waals surface area contributed by atoms with Crippen LogP contribution < -0.4 is 19.5 Å². The normalized spacial score (nSPS) is 10.9. The summed E-state index contributed by atoms with van der Waals surface area (Å²) in [5.41, 5.74) is 0.851. The van der Waals surface area contributed by atoms with Crippen LogP contribution in [0.3, 0.4) is 0 Å². The van der Waals surface area contributed by atoms with Crippen LogP contribution in [0.5, 0.6) is 5.75 Å². The predicted octanol–water partition coefficient (Wildman–Crippen LogP) is 2.70. The van der Waals surface area contributed by atoms with Crippen molar-refractivity contribution >= 4 is 38.9 Å². The van der Waals surface area contributed by atoms with E-state index in [0.29, 0.717) is 16.0 Å². The lowest BCUT2D eigenvalue weighted by Gasteiger charge is -2.08. The van der Waals surface area contributed by atoms with E-state index in [1.54, 1.807) is 30.3 Å². The fraction of sp³-hybridized carbons (Fsp3) is 0.0500. The molecule has 0 aliphatic rings. The molecule has 0 amide bonds. The van der Waals surface area contributed by atoms with E-state index < -0.39 is 0 Å². The maximum absolute atomic E-state index is 13.1. The third-order valence-electron chi connectivity index (χ3n) is 3.78. The minimum atomic E-state index is -0.321. The van der Waals surface area contributed by atoms with Crippen molar-refractivity contribution < 1.29 is 4.74 Å². The number of halogens is 1. The number of rotatable bonds is 3. The Morgan fingerprint density at radius 2 is 1.81 bits per heavy atom. The van der Waals surface area contributed by atoms with Crippen LogP contribution in [0.15, 0.2) is 57.8 Å². The molecule has 27 heavy (non-hydrogen) atoms. The average Bonchev–Trinajstić information content (AvgIpc) is 3.00. The minimum Gasteiger partial charge on any atom is -0.495 e. The summed E-state index contributed by atoms with van der Waals surface area (Å²) in [6, 6.07) is 18.2. The molecule has 0 unspecified atom stereocenters. The Morgan fingerprint density at radius 1 is 1.15 bits per heavy atom. The van der Waals surface area contributed by atoms with Gasteiger partial charge in [-0.05, 0) is 29.8 Å². The van der Waals surface area contributed by atoms with Crippen molar-refractivity contribution in [3.8, 4) is 23.6 Å². The van der Waals surface area contributed by atoms with E-state index in [2.05, 4.69) is 15.9 Å². The molecule has 5 nitrogen and oxygen atoms in total. The predicted molar refractivity (Wildman–Crippen MR) is 108 cm³/mol. The molecule has 1 aromatic heterocycles. The van der Waals surface area contributed by atoms with Gasteiger partial charge in [-0.3, -0.25) is 9.36 Å². The zero-order valence-electron chi connectivity index (χ0n) is 14.1. The van der Waals surface area contributed by atoms with Gasteiger partial charge >= 0.3 is 0 Å². The molecule has 0 saturated heterocycles. The standard InChI is InChI=1S/C20H12BrN3O2S/c1-26-17-9-5-4-8-16(17)24-19(25)18(27-20(24)14(11-22)12-23)10-13-6-2-3-7-15(13)21/h2-10H,1H3/b18-10+. The number of thiazole rings is 1. The lowest BCUT2D eigenvalue weighted by molar-refractivity contribution is 0.412. The molecule has 0 spiro atoms. The van der Waals surface area contributed by atoms with E-state index in [4.69, 9.17) is 4.74 Å². The summed E-state index contributed by atoms with van der Waals surface area (Å²) >= 11 is 4.56. The summed E-state index contributed by atoms with van der Waals surface area (Å²) in [4.78, 5) is 13.1. The highest BCUT2D eigenvalue weighted by Gasteiger charge is 2.14. The van der Waals surface area contributed by atoms with E-state index in [0.717, 1.165) is 21.4 Å². The van der Waals surface area contributed by atoms with Gasteiger partial charge in [0.15, 0.2) is 5.57 Å². The molecule has 3 aromatic rings. The SMILES string of the molecule is COc1ccccc1-n1c(=C(C#N)C#N)s/c(=C/c2ccccc2Br)c1=O. The first kappa shape index (κ1) is 18.7. The largest absolute Gasteiger partial charge is 0.495 e.